The summed E-state index contributed by atoms with van der Waals surface area (Å²) in [5.74, 6) is -0.692. The number of halogens is 3. The highest BCUT2D eigenvalue weighted by molar-refractivity contribution is 6.36. The fourth-order valence-electron chi connectivity index (χ4n) is 1.69. The Bertz CT molecular complexity index is 454. The van der Waals surface area contributed by atoms with E-state index in [0.717, 1.165) is 0 Å². The third-order valence-corrected chi connectivity index (χ3v) is 3.37. The molecule has 2 N–H and O–H groups in total. The first-order valence-electron chi connectivity index (χ1n) is 5.49. The molecule has 0 heterocycles. The Labute approximate surface area is 116 Å². The molecule has 0 aliphatic heterocycles. The molecule has 18 heavy (non-hydrogen) atoms. The SMILES string of the molecule is CNC(=O)C(C)NC(C)c1c(Cl)ccc(F)c1Cl. The minimum Gasteiger partial charge on any atom is -0.358 e. The summed E-state index contributed by atoms with van der Waals surface area (Å²) >= 11 is 11.9. The van der Waals surface area contributed by atoms with Crippen LogP contribution in [0.4, 0.5) is 4.39 Å². The van der Waals surface area contributed by atoms with Gasteiger partial charge in [0, 0.05) is 23.7 Å². The van der Waals surface area contributed by atoms with Crippen LogP contribution < -0.4 is 10.6 Å². The molecular formula is C12H15Cl2FN2O. The average Bonchev–Trinajstić information content (AvgIpc) is 2.33. The van der Waals surface area contributed by atoms with Crippen molar-refractivity contribution in [3.8, 4) is 0 Å². The molecule has 0 bridgehead atoms. The largest absolute Gasteiger partial charge is 0.358 e. The Morgan fingerprint density at radius 2 is 1.94 bits per heavy atom. The van der Waals surface area contributed by atoms with Gasteiger partial charge < -0.3 is 5.32 Å². The van der Waals surface area contributed by atoms with Crippen molar-refractivity contribution in [1.82, 2.24) is 10.6 Å². The van der Waals surface area contributed by atoms with Crippen molar-refractivity contribution in [3.05, 3.63) is 33.6 Å². The van der Waals surface area contributed by atoms with E-state index < -0.39 is 11.9 Å². The first-order chi connectivity index (χ1) is 8.38. The number of likely N-dealkylation sites (N-methyl/N-ethyl adjacent to an activating group) is 1. The lowest BCUT2D eigenvalue weighted by molar-refractivity contribution is -0.122. The molecule has 1 aromatic carbocycles. The van der Waals surface area contributed by atoms with Crippen LogP contribution in [0.1, 0.15) is 25.5 Å². The molecule has 1 aromatic rings. The molecule has 100 valence electrons. The minimum absolute atomic E-state index is 0.0217. The predicted molar refractivity (Wildman–Crippen MR) is 71.5 cm³/mol. The van der Waals surface area contributed by atoms with E-state index in [1.807, 2.05) is 0 Å². The van der Waals surface area contributed by atoms with Crippen LogP contribution in [-0.4, -0.2) is 19.0 Å². The lowest BCUT2D eigenvalue weighted by atomic mass is 10.1. The maximum Gasteiger partial charge on any atom is 0.236 e. The van der Waals surface area contributed by atoms with Crippen LogP contribution >= 0.6 is 23.2 Å². The molecule has 3 nitrogen and oxygen atoms in total. The van der Waals surface area contributed by atoms with E-state index in [1.165, 1.54) is 12.1 Å². The molecule has 0 saturated heterocycles. The minimum atomic E-state index is -0.530. The maximum atomic E-state index is 13.4. The van der Waals surface area contributed by atoms with Crippen LogP contribution in [0.2, 0.25) is 10.0 Å². The Morgan fingerprint density at radius 1 is 1.33 bits per heavy atom. The van der Waals surface area contributed by atoms with Gasteiger partial charge in [0.25, 0.3) is 0 Å². The topological polar surface area (TPSA) is 41.1 Å². The highest BCUT2D eigenvalue weighted by Gasteiger charge is 2.20. The number of benzene rings is 1. The van der Waals surface area contributed by atoms with Crippen LogP contribution in [0.15, 0.2) is 12.1 Å². The number of nitrogens with one attached hydrogen (secondary N) is 2. The third-order valence-electron chi connectivity index (χ3n) is 2.65. The number of hydrogen-bond donors (Lipinski definition) is 2. The number of rotatable bonds is 4. The van der Waals surface area contributed by atoms with Crippen LogP contribution in [0, 0.1) is 5.82 Å². The number of carbonyl (C=O) groups excluding carboxylic acids is 1. The van der Waals surface area contributed by atoms with Crippen molar-refractivity contribution in [2.75, 3.05) is 7.05 Å². The van der Waals surface area contributed by atoms with Gasteiger partial charge in [-0.3, -0.25) is 10.1 Å². The second-order valence-corrected chi connectivity index (χ2v) is 4.77. The average molecular weight is 293 g/mol. The predicted octanol–water partition coefficient (Wildman–Crippen LogP) is 2.92. The van der Waals surface area contributed by atoms with Gasteiger partial charge in [0.15, 0.2) is 0 Å². The molecule has 0 fully saturated rings. The molecule has 6 heteroatoms. The summed E-state index contributed by atoms with van der Waals surface area (Å²) in [6.45, 7) is 3.47. The monoisotopic (exact) mass is 292 g/mol. The lowest BCUT2D eigenvalue weighted by Crippen LogP contribution is -2.41. The van der Waals surface area contributed by atoms with Crippen molar-refractivity contribution in [1.29, 1.82) is 0 Å². The Hall–Kier alpha value is -0.840. The molecule has 0 saturated carbocycles. The first kappa shape index (κ1) is 15.2. The van der Waals surface area contributed by atoms with E-state index in [2.05, 4.69) is 10.6 Å². The summed E-state index contributed by atoms with van der Waals surface area (Å²) in [5.41, 5.74) is 0.453. The second-order valence-electron chi connectivity index (χ2n) is 3.98. The van der Waals surface area contributed by atoms with Gasteiger partial charge in [-0.2, -0.15) is 0 Å². The quantitative estimate of drug-likeness (QED) is 0.838. The zero-order valence-corrected chi connectivity index (χ0v) is 11.9. The van der Waals surface area contributed by atoms with Gasteiger partial charge in [0.1, 0.15) is 5.82 Å². The molecule has 0 aromatic heterocycles. The Balaban J connectivity index is 2.94. The van der Waals surface area contributed by atoms with E-state index in [4.69, 9.17) is 23.2 Å². The molecule has 0 radical (unpaired) electrons. The molecule has 2 atom stereocenters. The highest BCUT2D eigenvalue weighted by atomic mass is 35.5. The van der Waals surface area contributed by atoms with Crippen molar-refractivity contribution >= 4 is 29.1 Å². The summed E-state index contributed by atoms with van der Waals surface area (Å²) < 4.78 is 13.4. The highest BCUT2D eigenvalue weighted by Crippen LogP contribution is 2.32. The second kappa shape index (κ2) is 6.36. The molecule has 0 aliphatic carbocycles. The Kier molecular flexibility index (Phi) is 5.38. The number of carbonyl (C=O) groups is 1. The summed E-state index contributed by atoms with van der Waals surface area (Å²) in [7, 11) is 1.55. The normalized spacial score (nSPS) is 14.1. The van der Waals surface area contributed by atoms with Gasteiger partial charge in [0.05, 0.1) is 11.1 Å². The van der Waals surface area contributed by atoms with Gasteiger partial charge in [-0.25, -0.2) is 4.39 Å². The van der Waals surface area contributed by atoms with Crippen molar-refractivity contribution < 1.29 is 9.18 Å². The molecule has 1 rings (SSSR count). The standard InChI is InChI=1S/C12H15Cl2FN2O/c1-6(17-7(2)12(18)16-3)10-8(13)4-5-9(15)11(10)14/h4-7,17H,1-3H3,(H,16,18). The third kappa shape index (κ3) is 3.34. The fraction of sp³-hybridized carbons (Fsp3) is 0.417. The van der Waals surface area contributed by atoms with Crippen molar-refractivity contribution in [2.24, 2.45) is 0 Å². The van der Waals surface area contributed by atoms with Gasteiger partial charge in [-0.05, 0) is 26.0 Å². The molecule has 0 spiro atoms. The zero-order valence-electron chi connectivity index (χ0n) is 10.4. The molecule has 2 unspecified atom stereocenters. The van der Waals surface area contributed by atoms with Crippen LogP contribution in [0.5, 0.6) is 0 Å². The number of amides is 1. The Morgan fingerprint density at radius 3 is 2.50 bits per heavy atom. The van der Waals surface area contributed by atoms with E-state index in [9.17, 15) is 9.18 Å². The van der Waals surface area contributed by atoms with Crippen molar-refractivity contribution in [2.45, 2.75) is 25.9 Å². The van der Waals surface area contributed by atoms with Gasteiger partial charge >= 0.3 is 0 Å². The lowest BCUT2D eigenvalue weighted by Gasteiger charge is -2.21. The molecule has 1 amide bonds. The van der Waals surface area contributed by atoms with Crippen LogP contribution in [0.3, 0.4) is 0 Å². The molecular weight excluding hydrogens is 278 g/mol. The van der Waals surface area contributed by atoms with E-state index >= 15 is 0 Å². The van der Waals surface area contributed by atoms with Gasteiger partial charge in [0.2, 0.25) is 5.91 Å². The van der Waals surface area contributed by atoms with E-state index in [-0.39, 0.29) is 17.0 Å². The summed E-state index contributed by atoms with van der Waals surface area (Å²) in [6, 6.07) is 1.89. The maximum absolute atomic E-state index is 13.4. The van der Waals surface area contributed by atoms with Crippen LogP contribution in [-0.2, 0) is 4.79 Å². The summed E-state index contributed by atoms with van der Waals surface area (Å²) in [5, 5.41) is 5.87. The van der Waals surface area contributed by atoms with Crippen molar-refractivity contribution in [3.63, 3.8) is 0 Å². The van der Waals surface area contributed by atoms with Gasteiger partial charge in [-0.15, -0.1) is 0 Å². The number of hydrogen-bond acceptors (Lipinski definition) is 2. The summed E-state index contributed by atoms with van der Waals surface area (Å²) in [6.07, 6.45) is 0. The smallest absolute Gasteiger partial charge is 0.236 e. The first-order valence-corrected chi connectivity index (χ1v) is 6.25. The van der Waals surface area contributed by atoms with Crippen LogP contribution in [0.25, 0.3) is 0 Å². The van der Waals surface area contributed by atoms with E-state index in [1.54, 1.807) is 20.9 Å². The zero-order chi connectivity index (χ0) is 13.9. The summed E-state index contributed by atoms with van der Waals surface area (Å²) in [4.78, 5) is 11.4. The van der Waals surface area contributed by atoms with E-state index in [0.29, 0.717) is 10.6 Å². The fourth-order valence-corrected chi connectivity index (χ4v) is 2.39. The van der Waals surface area contributed by atoms with Gasteiger partial charge in [-0.1, -0.05) is 23.2 Å². The molecule has 0 aliphatic rings.